The second-order valence-corrected chi connectivity index (χ2v) is 7.02. The minimum Gasteiger partial charge on any atom is -0.459 e. The maximum atomic E-state index is 12.8. The Bertz CT molecular complexity index is 1050. The van der Waals surface area contributed by atoms with Gasteiger partial charge in [-0.3, -0.25) is 24.6 Å². The van der Waals surface area contributed by atoms with Crippen molar-refractivity contribution in [3.63, 3.8) is 0 Å². The third-order valence-corrected chi connectivity index (χ3v) is 5.32. The number of hydrogen-bond acceptors (Lipinski definition) is 7. The van der Waals surface area contributed by atoms with Gasteiger partial charge < -0.3 is 9.64 Å². The summed E-state index contributed by atoms with van der Waals surface area (Å²) in [5.41, 5.74) is 0.871. The minimum atomic E-state index is -1.23. The molecule has 0 N–H and O–H groups in total. The third kappa shape index (κ3) is 3.98. The fraction of sp³-hybridized carbons (Fsp3) is 0.318. The zero-order valence-corrected chi connectivity index (χ0v) is 17.5. The molecular formula is C22H23N3O6. The van der Waals surface area contributed by atoms with E-state index in [9.17, 15) is 24.5 Å². The molecule has 162 valence electrons. The van der Waals surface area contributed by atoms with E-state index in [2.05, 4.69) is 4.90 Å². The van der Waals surface area contributed by atoms with Crippen molar-refractivity contribution in [1.82, 2.24) is 4.90 Å². The molecule has 9 heteroatoms. The Morgan fingerprint density at radius 2 is 1.77 bits per heavy atom. The predicted molar refractivity (Wildman–Crippen MR) is 113 cm³/mol. The number of carbonyl (C=O) groups is 3. The molecule has 0 spiro atoms. The molecule has 2 amide bonds. The van der Waals surface area contributed by atoms with E-state index in [1.165, 1.54) is 19.1 Å². The van der Waals surface area contributed by atoms with Crippen molar-refractivity contribution in [2.24, 2.45) is 0 Å². The quantitative estimate of drug-likeness (QED) is 0.276. The fourth-order valence-corrected chi connectivity index (χ4v) is 3.67. The molecule has 0 aliphatic carbocycles. The summed E-state index contributed by atoms with van der Waals surface area (Å²) in [5.74, 6) is -2.40. The highest BCUT2D eigenvalue weighted by Crippen LogP contribution is 2.32. The van der Waals surface area contributed by atoms with Gasteiger partial charge in [-0.2, -0.15) is 0 Å². The van der Waals surface area contributed by atoms with Crippen molar-refractivity contribution in [1.29, 1.82) is 0 Å². The van der Waals surface area contributed by atoms with Crippen LogP contribution in [0.4, 0.5) is 11.4 Å². The fourth-order valence-electron chi connectivity index (χ4n) is 3.67. The maximum Gasteiger partial charge on any atom is 0.329 e. The first-order chi connectivity index (χ1) is 14.8. The summed E-state index contributed by atoms with van der Waals surface area (Å²) in [6, 6.07) is 10.1. The van der Waals surface area contributed by atoms with Crippen LogP contribution in [0.2, 0.25) is 0 Å². The van der Waals surface area contributed by atoms with Crippen LogP contribution in [-0.4, -0.2) is 46.7 Å². The van der Waals surface area contributed by atoms with Gasteiger partial charge in [-0.05, 0) is 32.9 Å². The summed E-state index contributed by atoms with van der Waals surface area (Å²) in [4.78, 5) is 51.5. The normalized spacial score (nSPS) is 13.7. The Kier molecular flexibility index (Phi) is 6.33. The number of nitro groups is 1. The predicted octanol–water partition coefficient (Wildman–Crippen LogP) is 3.17. The highest BCUT2D eigenvalue weighted by Gasteiger charge is 2.45. The van der Waals surface area contributed by atoms with E-state index in [-0.39, 0.29) is 17.7 Å². The van der Waals surface area contributed by atoms with Crippen LogP contribution >= 0.6 is 0 Å². The summed E-state index contributed by atoms with van der Waals surface area (Å²) in [7, 11) is 0. The minimum absolute atomic E-state index is 0.0286. The molecule has 1 aliphatic rings. The van der Waals surface area contributed by atoms with E-state index < -0.39 is 34.4 Å². The molecule has 1 aliphatic heterocycles. The van der Waals surface area contributed by atoms with Gasteiger partial charge in [-0.25, -0.2) is 4.79 Å². The standard InChI is InChI=1S/C22H23N3O6/c1-4-23(5-2)17-11-7-6-9-15(17)13-31-22(28)14(3)24-20(26)16-10-8-12-18(25(29)30)19(16)21(24)27/h6-12,14H,4-5,13H2,1-3H3. The molecule has 1 unspecified atom stereocenters. The highest BCUT2D eigenvalue weighted by molar-refractivity contribution is 6.24. The molecule has 1 heterocycles. The first-order valence-electron chi connectivity index (χ1n) is 9.96. The third-order valence-electron chi connectivity index (χ3n) is 5.32. The molecular weight excluding hydrogens is 402 g/mol. The molecule has 31 heavy (non-hydrogen) atoms. The van der Waals surface area contributed by atoms with Gasteiger partial charge in [0.1, 0.15) is 18.2 Å². The zero-order valence-electron chi connectivity index (χ0n) is 17.5. The molecule has 2 aromatic rings. The zero-order chi connectivity index (χ0) is 22.7. The molecule has 0 bridgehead atoms. The summed E-state index contributed by atoms with van der Waals surface area (Å²) in [6.45, 7) is 6.95. The van der Waals surface area contributed by atoms with Gasteiger partial charge in [0.2, 0.25) is 0 Å². The summed E-state index contributed by atoms with van der Waals surface area (Å²) < 4.78 is 5.41. The topological polar surface area (TPSA) is 110 Å². The molecule has 2 aromatic carbocycles. The van der Waals surface area contributed by atoms with Gasteiger partial charge in [0, 0.05) is 30.4 Å². The molecule has 1 atom stereocenters. The monoisotopic (exact) mass is 425 g/mol. The highest BCUT2D eigenvalue weighted by atomic mass is 16.6. The SMILES string of the molecule is CCN(CC)c1ccccc1COC(=O)C(C)N1C(=O)c2cccc([N+](=O)[O-])c2C1=O. The van der Waals surface area contributed by atoms with Crippen molar-refractivity contribution in [2.45, 2.75) is 33.4 Å². The molecule has 9 nitrogen and oxygen atoms in total. The number of hydrogen-bond donors (Lipinski definition) is 0. The first-order valence-corrected chi connectivity index (χ1v) is 9.96. The van der Waals surface area contributed by atoms with E-state index >= 15 is 0 Å². The van der Waals surface area contributed by atoms with Gasteiger partial charge in [-0.1, -0.05) is 24.3 Å². The largest absolute Gasteiger partial charge is 0.459 e. The second-order valence-electron chi connectivity index (χ2n) is 7.02. The van der Waals surface area contributed by atoms with Crippen LogP contribution in [0.5, 0.6) is 0 Å². The number of ether oxygens (including phenoxy) is 1. The Morgan fingerprint density at radius 3 is 2.42 bits per heavy atom. The smallest absolute Gasteiger partial charge is 0.329 e. The van der Waals surface area contributed by atoms with Crippen molar-refractivity contribution in [3.8, 4) is 0 Å². The van der Waals surface area contributed by atoms with Crippen molar-refractivity contribution < 1.29 is 24.0 Å². The second kappa shape index (κ2) is 8.95. The number of imide groups is 1. The van der Waals surface area contributed by atoms with Crippen LogP contribution in [0, 0.1) is 10.1 Å². The number of esters is 1. The average Bonchev–Trinajstić information content (AvgIpc) is 3.03. The molecule has 0 fully saturated rings. The van der Waals surface area contributed by atoms with E-state index in [1.54, 1.807) is 0 Å². The number of benzene rings is 2. The van der Waals surface area contributed by atoms with Gasteiger partial charge in [0.25, 0.3) is 17.5 Å². The lowest BCUT2D eigenvalue weighted by Crippen LogP contribution is -2.43. The number of nitro benzene ring substituents is 1. The first kappa shape index (κ1) is 21.9. The molecule has 0 radical (unpaired) electrons. The van der Waals surface area contributed by atoms with Crippen LogP contribution in [0.25, 0.3) is 0 Å². The van der Waals surface area contributed by atoms with Crippen molar-refractivity contribution in [2.75, 3.05) is 18.0 Å². The molecule has 0 saturated carbocycles. The van der Waals surface area contributed by atoms with Gasteiger partial charge in [0.15, 0.2) is 0 Å². The van der Waals surface area contributed by atoms with E-state index in [4.69, 9.17) is 4.74 Å². The van der Waals surface area contributed by atoms with E-state index in [0.717, 1.165) is 35.3 Å². The van der Waals surface area contributed by atoms with Crippen LogP contribution in [0.3, 0.4) is 0 Å². The van der Waals surface area contributed by atoms with Gasteiger partial charge in [0.05, 0.1) is 10.5 Å². The lowest BCUT2D eigenvalue weighted by atomic mass is 10.1. The summed E-state index contributed by atoms with van der Waals surface area (Å²) >= 11 is 0. The molecule has 0 saturated heterocycles. The Hall–Kier alpha value is -3.75. The van der Waals surface area contributed by atoms with Crippen molar-refractivity contribution >= 4 is 29.2 Å². The van der Waals surface area contributed by atoms with Crippen LogP contribution in [0.15, 0.2) is 42.5 Å². The number of fused-ring (bicyclic) bond motifs is 1. The number of amides is 2. The van der Waals surface area contributed by atoms with Crippen LogP contribution in [-0.2, 0) is 16.1 Å². The number of nitrogens with zero attached hydrogens (tertiary/aromatic N) is 3. The van der Waals surface area contributed by atoms with Crippen molar-refractivity contribution in [3.05, 3.63) is 69.3 Å². The number of anilines is 1. The van der Waals surface area contributed by atoms with Gasteiger partial charge >= 0.3 is 5.97 Å². The molecule has 3 rings (SSSR count). The number of para-hydroxylation sites is 1. The Balaban J connectivity index is 1.78. The molecule has 0 aromatic heterocycles. The Labute approximate surface area is 179 Å². The average molecular weight is 425 g/mol. The Morgan fingerprint density at radius 1 is 1.10 bits per heavy atom. The van der Waals surface area contributed by atoms with Gasteiger partial charge in [-0.15, -0.1) is 0 Å². The lowest BCUT2D eigenvalue weighted by Gasteiger charge is -2.25. The van der Waals surface area contributed by atoms with E-state index in [0.29, 0.717) is 0 Å². The number of rotatable bonds is 8. The van der Waals surface area contributed by atoms with Crippen LogP contribution in [0.1, 0.15) is 47.1 Å². The lowest BCUT2D eigenvalue weighted by molar-refractivity contribution is -0.385. The number of carbonyl (C=O) groups excluding carboxylic acids is 3. The van der Waals surface area contributed by atoms with E-state index in [1.807, 2.05) is 38.1 Å². The summed E-state index contributed by atoms with van der Waals surface area (Å²) in [6.07, 6.45) is 0. The van der Waals surface area contributed by atoms with Crippen LogP contribution < -0.4 is 4.90 Å². The maximum absolute atomic E-state index is 12.8. The summed E-state index contributed by atoms with van der Waals surface area (Å²) in [5, 5.41) is 11.2.